The van der Waals surface area contributed by atoms with Crippen molar-refractivity contribution in [1.82, 2.24) is 0 Å². The molecule has 1 rings (SSSR count). The summed E-state index contributed by atoms with van der Waals surface area (Å²) >= 11 is 0. The number of Topliss-reactive ketones (excluding diaryl/α,β-unsaturated/α-hetero) is 1. The van der Waals surface area contributed by atoms with E-state index in [1.54, 1.807) is 0 Å². The Morgan fingerprint density at radius 1 is 1.27 bits per heavy atom. The molecule has 0 spiro atoms. The predicted octanol–water partition coefficient (Wildman–Crippen LogP) is 2.18. The quantitative estimate of drug-likeness (QED) is 0.726. The number of hydrogen-bond acceptors (Lipinski definition) is 3. The molecule has 0 heterocycles. The number of hydrogen-bond donors (Lipinski definition) is 0. The smallest absolute Gasteiger partial charge is 0.174 e. The second kappa shape index (κ2) is 4.25. The number of rotatable bonds is 3. The van der Waals surface area contributed by atoms with E-state index in [2.05, 4.69) is 0 Å². The van der Waals surface area contributed by atoms with Gasteiger partial charge in [0.15, 0.2) is 28.9 Å². The monoisotopic (exact) mass is 216 g/mol. The molecule has 15 heavy (non-hydrogen) atoms. The number of ketones is 1. The van der Waals surface area contributed by atoms with Crippen molar-refractivity contribution >= 4 is 5.78 Å². The van der Waals surface area contributed by atoms with Crippen molar-refractivity contribution in [2.75, 3.05) is 14.2 Å². The van der Waals surface area contributed by atoms with Crippen molar-refractivity contribution < 1.29 is 23.0 Å². The van der Waals surface area contributed by atoms with Gasteiger partial charge in [-0.2, -0.15) is 0 Å². The van der Waals surface area contributed by atoms with Crippen LogP contribution in [-0.4, -0.2) is 20.0 Å². The number of carbonyl (C=O) groups is 1. The molecule has 0 unspecified atom stereocenters. The average molecular weight is 216 g/mol. The van der Waals surface area contributed by atoms with Crippen LogP contribution >= 0.6 is 0 Å². The van der Waals surface area contributed by atoms with Gasteiger partial charge in [0.2, 0.25) is 0 Å². The minimum absolute atomic E-state index is 0.0124. The Morgan fingerprint density at radius 3 is 2.27 bits per heavy atom. The molecule has 0 aliphatic rings. The van der Waals surface area contributed by atoms with E-state index in [4.69, 9.17) is 9.47 Å². The van der Waals surface area contributed by atoms with Gasteiger partial charge in [0.1, 0.15) is 5.56 Å². The molecule has 0 saturated heterocycles. The van der Waals surface area contributed by atoms with E-state index in [1.165, 1.54) is 14.2 Å². The second-order valence-corrected chi connectivity index (χ2v) is 2.84. The Balaban J connectivity index is 3.56. The summed E-state index contributed by atoms with van der Waals surface area (Å²) < 4.78 is 35.9. The van der Waals surface area contributed by atoms with E-state index < -0.39 is 23.0 Å². The molecular formula is C10H10F2O3. The van der Waals surface area contributed by atoms with Gasteiger partial charge in [-0.1, -0.05) is 0 Å². The topological polar surface area (TPSA) is 35.5 Å². The minimum Gasteiger partial charge on any atom is -0.493 e. The van der Waals surface area contributed by atoms with Crippen molar-refractivity contribution in [2.24, 2.45) is 0 Å². The Bertz CT molecular complexity index is 402. The summed E-state index contributed by atoms with van der Waals surface area (Å²) in [6.45, 7) is 1.12. The van der Waals surface area contributed by atoms with Gasteiger partial charge in [-0.15, -0.1) is 0 Å². The zero-order valence-corrected chi connectivity index (χ0v) is 8.56. The SMILES string of the molecule is COc1cc(F)c(F)c(C(C)=O)c1OC. The van der Waals surface area contributed by atoms with E-state index >= 15 is 0 Å². The Morgan fingerprint density at radius 2 is 1.87 bits per heavy atom. The van der Waals surface area contributed by atoms with Crippen LogP contribution in [0.3, 0.4) is 0 Å². The summed E-state index contributed by atoms with van der Waals surface area (Å²) in [6, 6.07) is 0.834. The number of methoxy groups -OCH3 is 2. The zero-order valence-electron chi connectivity index (χ0n) is 8.56. The predicted molar refractivity (Wildman–Crippen MR) is 49.5 cm³/mol. The summed E-state index contributed by atoms with van der Waals surface area (Å²) in [7, 11) is 2.53. The summed E-state index contributed by atoms with van der Waals surface area (Å²) in [5.74, 6) is -3.09. The first-order chi connectivity index (χ1) is 7.02. The summed E-state index contributed by atoms with van der Waals surface area (Å²) in [6.07, 6.45) is 0. The fourth-order valence-corrected chi connectivity index (χ4v) is 1.26. The van der Waals surface area contributed by atoms with Crippen LogP contribution in [0.25, 0.3) is 0 Å². The largest absolute Gasteiger partial charge is 0.493 e. The highest BCUT2D eigenvalue weighted by Crippen LogP contribution is 2.34. The molecule has 82 valence electrons. The highest BCUT2D eigenvalue weighted by molar-refractivity contribution is 5.98. The Hall–Kier alpha value is -1.65. The lowest BCUT2D eigenvalue weighted by Gasteiger charge is -2.12. The molecule has 5 heteroatoms. The van der Waals surface area contributed by atoms with Gasteiger partial charge in [-0.25, -0.2) is 8.78 Å². The molecule has 0 aliphatic carbocycles. The number of ether oxygens (including phenoxy) is 2. The van der Waals surface area contributed by atoms with Crippen LogP contribution < -0.4 is 9.47 Å². The first-order valence-corrected chi connectivity index (χ1v) is 4.13. The first-order valence-electron chi connectivity index (χ1n) is 4.13. The van der Waals surface area contributed by atoms with Gasteiger partial charge in [-0.05, 0) is 6.92 Å². The van der Waals surface area contributed by atoms with Gasteiger partial charge >= 0.3 is 0 Å². The summed E-state index contributed by atoms with van der Waals surface area (Å²) in [5, 5.41) is 0. The van der Waals surface area contributed by atoms with E-state index in [0.717, 1.165) is 13.0 Å². The van der Waals surface area contributed by atoms with E-state index in [0.29, 0.717) is 0 Å². The van der Waals surface area contributed by atoms with Crippen molar-refractivity contribution in [3.8, 4) is 11.5 Å². The van der Waals surface area contributed by atoms with Gasteiger partial charge in [-0.3, -0.25) is 4.79 Å². The lowest BCUT2D eigenvalue weighted by molar-refractivity contribution is 0.100. The molecule has 0 bridgehead atoms. The summed E-state index contributed by atoms with van der Waals surface area (Å²) in [4.78, 5) is 11.1. The van der Waals surface area contributed by atoms with Crippen LogP contribution in [0, 0.1) is 11.6 Å². The number of benzene rings is 1. The van der Waals surface area contributed by atoms with Crippen LogP contribution in [-0.2, 0) is 0 Å². The van der Waals surface area contributed by atoms with Crippen molar-refractivity contribution in [3.05, 3.63) is 23.3 Å². The molecule has 0 N–H and O–H groups in total. The van der Waals surface area contributed by atoms with Crippen molar-refractivity contribution in [3.63, 3.8) is 0 Å². The van der Waals surface area contributed by atoms with Crippen LogP contribution in [0.2, 0.25) is 0 Å². The zero-order chi connectivity index (χ0) is 11.6. The minimum atomic E-state index is -1.22. The Labute approximate surface area is 85.6 Å². The standard InChI is InChI=1S/C10H10F2O3/c1-5(13)8-9(12)6(11)4-7(14-2)10(8)15-3/h4H,1-3H3. The molecule has 1 aromatic carbocycles. The summed E-state index contributed by atoms with van der Waals surface area (Å²) in [5.41, 5.74) is -0.436. The highest BCUT2D eigenvalue weighted by Gasteiger charge is 2.22. The van der Waals surface area contributed by atoms with Gasteiger partial charge < -0.3 is 9.47 Å². The first kappa shape index (κ1) is 11.4. The normalized spacial score (nSPS) is 9.93. The van der Waals surface area contributed by atoms with E-state index in [-0.39, 0.29) is 11.5 Å². The molecule has 0 aromatic heterocycles. The van der Waals surface area contributed by atoms with E-state index in [9.17, 15) is 13.6 Å². The molecule has 0 amide bonds. The second-order valence-electron chi connectivity index (χ2n) is 2.84. The fraction of sp³-hybridized carbons (Fsp3) is 0.300. The molecule has 0 aliphatic heterocycles. The maximum absolute atomic E-state index is 13.3. The molecular weight excluding hydrogens is 206 g/mol. The van der Waals surface area contributed by atoms with Crippen LogP contribution in [0.5, 0.6) is 11.5 Å². The van der Waals surface area contributed by atoms with Crippen molar-refractivity contribution in [2.45, 2.75) is 6.92 Å². The highest BCUT2D eigenvalue weighted by atomic mass is 19.2. The third-order valence-electron chi connectivity index (χ3n) is 1.91. The van der Waals surface area contributed by atoms with Crippen molar-refractivity contribution in [1.29, 1.82) is 0 Å². The molecule has 0 saturated carbocycles. The molecule has 0 atom stereocenters. The van der Waals surface area contributed by atoms with Crippen LogP contribution in [0.1, 0.15) is 17.3 Å². The number of halogens is 2. The molecule has 3 nitrogen and oxygen atoms in total. The third kappa shape index (κ3) is 1.91. The fourth-order valence-electron chi connectivity index (χ4n) is 1.26. The molecule has 0 fully saturated rings. The van der Waals surface area contributed by atoms with Gasteiger partial charge in [0, 0.05) is 6.07 Å². The maximum atomic E-state index is 13.3. The number of carbonyl (C=O) groups excluding carboxylic acids is 1. The van der Waals surface area contributed by atoms with E-state index in [1.807, 2.05) is 0 Å². The maximum Gasteiger partial charge on any atom is 0.174 e. The van der Waals surface area contributed by atoms with Crippen LogP contribution in [0.4, 0.5) is 8.78 Å². The average Bonchev–Trinajstić information content (AvgIpc) is 2.20. The lowest BCUT2D eigenvalue weighted by Crippen LogP contribution is -2.05. The Kier molecular flexibility index (Phi) is 3.24. The molecule has 0 radical (unpaired) electrons. The third-order valence-corrected chi connectivity index (χ3v) is 1.91. The van der Waals surface area contributed by atoms with Gasteiger partial charge in [0.25, 0.3) is 0 Å². The lowest BCUT2D eigenvalue weighted by atomic mass is 10.1. The van der Waals surface area contributed by atoms with Gasteiger partial charge in [0.05, 0.1) is 14.2 Å². The molecule has 1 aromatic rings. The van der Waals surface area contributed by atoms with Crippen LogP contribution in [0.15, 0.2) is 6.07 Å².